The lowest BCUT2D eigenvalue weighted by atomic mass is 9.89. The van der Waals surface area contributed by atoms with Crippen molar-refractivity contribution in [1.82, 2.24) is 20.1 Å². The molecule has 0 aromatic carbocycles. The Morgan fingerprint density at radius 2 is 2.04 bits per heavy atom. The van der Waals surface area contributed by atoms with Crippen LogP contribution in [0.25, 0.3) is 0 Å². The molecular weight excluding hydrogens is 375 g/mol. The molecule has 2 aliphatic rings. The highest BCUT2D eigenvalue weighted by Gasteiger charge is 2.39. The third-order valence-corrected chi connectivity index (χ3v) is 5.03. The smallest absolute Gasteiger partial charge is 0.232 e. The maximum Gasteiger partial charge on any atom is 0.232 e. The molecule has 1 fully saturated rings. The molecule has 0 unspecified atom stereocenters. The number of pyridine rings is 1. The molecule has 2 aromatic rings. The fourth-order valence-corrected chi connectivity index (χ4v) is 3.72. The van der Waals surface area contributed by atoms with Crippen molar-refractivity contribution in [3.8, 4) is 0 Å². The summed E-state index contributed by atoms with van der Waals surface area (Å²) >= 11 is 0. The van der Waals surface area contributed by atoms with E-state index in [0.717, 1.165) is 30.2 Å². The summed E-state index contributed by atoms with van der Waals surface area (Å²) < 4.78 is 1.80. The highest BCUT2D eigenvalue weighted by Crippen LogP contribution is 2.34. The standard InChI is InChI=1S/C17H22N6O.2ClH/c1-21-6-7-23(15-4-3-5-19-16(15)21)17(24)14-10-18-9-13(14)12-8-20-22(2)11-12;;/h3-5,8,11,13-14,18H,6-7,9-10H2,1-2H3;2*1H/t13-,14+;;/m1../s1. The SMILES string of the molecule is CN1CCN(C(=O)[C@H]2CNC[C@@H]2c2cnn(C)c2)c2cccnc21.Cl.Cl. The van der Waals surface area contributed by atoms with Gasteiger partial charge in [-0.2, -0.15) is 5.10 Å². The maximum atomic E-state index is 13.3. The van der Waals surface area contributed by atoms with Crippen LogP contribution < -0.4 is 15.1 Å². The van der Waals surface area contributed by atoms with Crippen molar-refractivity contribution in [3.63, 3.8) is 0 Å². The predicted molar refractivity (Wildman–Crippen MR) is 107 cm³/mol. The molecule has 26 heavy (non-hydrogen) atoms. The first-order valence-corrected chi connectivity index (χ1v) is 8.32. The molecule has 7 nitrogen and oxygen atoms in total. The molecule has 1 amide bonds. The van der Waals surface area contributed by atoms with Crippen molar-refractivity contribution in [2.45, 2.75) is 5.92 Å². The third kappa shape index (κ3) is 3.51. The zero-order valence-corrected chi connectivity index (χ0v) is 16.5. The van der Waals surface area contributed by atoms with Crippen LogP contribution in [0.15, 0.2) is 30.7 Å². The van der Waals surface area contributed by atoms with Crippen LogP contribution >= 0.6 is 24.8 Å². The van der Waals surface area contributed by atoms with Crippen molar-refractivity contribution in [2.24, 2.45) is 13.0 Å². The number of halogens is 2. The monoisotopic (exact) mass is 398 g/mol. The number of rotatable bonds is 2. The highest BCUT2D eigenvalue weighted by molar-refractivity contribution is 5.99. The molecule has 4 heterocycles. The van der Waals surface area contributed by atoms with E-state index in [2.05, 4.69) is 20.3 Å². The predicted octanol–water partition coefficient (Wildman–Crippen LogP) is 1.44. The maximum absolute atomic E-state index is 13.3. The first-order chi connectivity index (χ1) is 11.6. The fraction of sp³-hybridized carbons (Fsp3) is 0.471. The minimum absolute atomic E-state index is 0. The number of likely N-dealkylation sites (N-methyl/N-ethyl adjacent to an activating group) is 1. The molecule has 2 aromatic heterocycles. The molecule has 2 aliphatic heterocycles. The molecule has 4 rings (SSSR count). The van der Waals surface area contributed by atoms with Crippen LogP contribution in [0.4, 0.5) is 11.5 Å². The second-order valence-electron chi connectivity index (χ2n) is 6.58. The average molecular weight is 399 g/mol. The second kappa shape index (κ2) is 8.24. The molecular formula is C17H24Cl2N6O. The largest absolute Gasteiger partial charge is 0.356 e. The summed E-state index contributed by atoms with van der Waals surface area (Å²) in [7, 11) is 3.92. The van der Waals surface area contributed by atoms with Crippen LogP contribution in [0.5, 0.6) is 0 Å². The number of fused-ring (bicyclic) bond motifs is 1. The van der Waals surface area contributed by atoms with Gasteiger partial charge in [0.2, 0.25) is 5.91 Å². The van der Waals surface area contributed by atoms with Crippen molar-refractivity contribution in [1.29, 1.82) is 0 Å². The summed E-state index contributed by atoms with van der Waals surface area (Å²) in [4.78, 5) is 21.7. The van der Waals surface area contributed by atoms with E-state index in [1.165, 1.54) is 0 Å². The van der Waals surface area contributed by atoms with E-state index in [9.17, 15) is 4.79 Å². The lowest BCUT2D eigenvalue weighted by Gasteiger charge is -2.36. The molecule has 0 spiro atoms. The highest BCUT2D eigenvalue weighted by atomic mass is 35.5. The summed E-state index contributed by atoms with van der Waals surface area (Å²) in [5.74, 6) is 1.16. The normalized spacial score (nSPS) is 21.6. The minimum Gasteiger partial charge on any atom is -0.356 e. The quantitative estimate of drug-likeness (QED) is 0.828. The van der Waals surface area contributed by atoms with E-state index in [-0.39, 0.29) is 42.6 Å². The van der Waals surface area contributed by atoms with E-state index in [0.29, 0.717) is 13.1 Å². The van der Waals surface area contributed by atoms with Crippen LogP contribution in [0, 0.1) is 5.92 Å². The van der Waals surface area contributed by atoms with Crippen molar-refractivity contribution in [3.05, 3.63) is 36.3 Å². The molecule has 0 bridgehead atoms. The summed E-state index contributed by atoms with van der Waals surface area (Å²) in [6.07, 6.45) is 5.66. The van der Waals surface area contributed by atoms with Gasteiger partial charge in [0, 0.05) is 58.6 Å². The van der Waals surface area contributed by atoms with Crippen LogP contribution in [-0.4, -0.2) is 53.9 Å². The minimum atomic E-state index is -0.0642. The van der Waals surface area contributed by atoms with E-state index in [1.54, 1.807) is 10.9 Å². The lowest BCUT2D eigenvalue weighted by Crippen LogP contribution is -2.46. The number of carbonyl (C=O) groups is 1. The van der Waals surface area contributed by atoms with Gasteiger partial charge in [0.1, 0.15) is 0 Å². The molecule has 0 aliphatic carbocycles. The van der Waals surface area contributed by atoms with Gasteiger partial charge in [0.15, 0.2) is 5.82 Å². The Hall–Kier alpha value is -1.83. The van der Waals surface area contributed by atoms with Gasteiger partial charge in [-0.1, -0.05) is 0 Å². The first kappa shape index (κ1) is 20.5. The topological polar surface area (TPSA) is 66.3 Å². The number of amides is 1. The first-order valence-electron chi connectivity index (χ1n) is 8.32. The Morgan fingerprint density at radius 1 is 1.23 bits per heavy atom. The second-order valence-corrected chi connectivity index (χ2v) is 6.58. The molecule has 9 heteroatoms. The Kier molecular flexibility index (Phi) is 6.49. The number of hydrogen-bond acceptors (Lipinski definition) is 5. The van der Waals surface area contributed by atoms with Crippen LogP contribution in [-0.2, 0) is 11.8 Å². The summed E-state index contributed by atoms with van der Waals surface area (Å²) in [6.45, 7) is 3.02. The van der Waals surface area contributed by atoms with Crippen LogP contribution in [0.3, 0.4) is 0 Å². The van der Waals surface area contributed by atoms with Gasteiger partial charge in [-0.15, -0.1) is 24.8 Å². The Labute approximate surface area is 165 Å². The Morgan fingerprint density at radius 3 is 2.77 bits per heavy atom. The van der Waals surface area contributed by atoms with Gasteiger partial charge in [0.05, 0.1) is 17.8 Å². The molecule has 1 N–H and O–H groups in total. The third-order valence-electron chi connectivity index (χ3n) is 5.03. The summed E-state index contributed by atoms with van der Waals surface area (Å²) in [5.41, 5.74) is 2.04. The Bertz CT molecular complexity index is 767. The van der Waals surface area contributed by atoms with Gasteiger partial charge in [-0.25, -0.2) is 4.98 Å². The Balaban J connectivity index is 0.00000121. The van der Waals surface area contributed by atoms with E-state index >= 15 is 0 Å². The number of aryl methyl sites for hydroxylation is 1. The molecule has 0 saturated carbocycles. The van der Waals surface area contributed by atoms with Gasteiger partial charge < -0.3 is 15.1 Å². The number of nitrogens with one attached hydrogen (secondary N) is 1. The van der Waals surface area contributed by atoms with Crippen LogP contribution in [0.2, 0.25) is 0 Å². The number of anilines is 2. The van der Waals surface area contributed by atoms with E-state index < -0.39 is 0 Å². The number of carbonyl (C=O) groups excluding carboxylic acids is 1. The number of nitrogens with zero attached hydrogens (tertiary/aromatic N) is 5. The zero-order valence-electron chi connectivity index (χ0n) is 14.8. The average Bonchev–Trinajstić information content (AvgIpc) is 3.23. The fourth-order valence-electron chi connectivity index (χ4n) is 3.72. The van der Waals surface area contributed by atoms with Crippen molar-refractivity contribution >= 4 is 42.2 Å². The number of hydrogen-bond donors (Lipinski definition) is 1. The van der Waals surface area contributed by atoms with E-state index in [1.807, 2.05) is 43.5 Å². The summed E-state index contributed by atoms with van der Waals surface area (Å²) in [5, 5.41) is 7.63. The molecule has 0 radical (unpaired) electrons. The van der Waals surface area contributed by atoms with Gasteiger partial charge in [0.25, 0.3) is 0 Å². The molecule has 2 atom stereocenters. The van der Waals surface area contributed by atoms with Crippen molar-refractivity contribution in [2.75, 3.05) is 43.0 Å². The van der Waals surface area contributed by atoms with Gasteiger partial charge in [-0.05, 0) is 17.7 Å². The molecule has 1 saturated heterocycles. The zero-order chi connectivity index (χ0) is 16.7. The van der Waals surface area contributed by atoms with Gasteiger partial charge >= 0.3 is 0 Å². The van der Waals surface area contributed by atoms with Gasteiger partial charge in [-0.3, -0.25) is 9.48 Å². The number of aromatic nitrogens is 3. The van der Waals surface area contributed by atoms with E-state index in [4.69, 9.17) is 0 Å². The van der Waals surface area contributed by atoms with Crippen molar-refractivity contribution < 1.29 is 4.79 Å². The lowest BCUT2D eigenvalue weighted by molar-refractivity contribution is -0.122. The molecule has 142 valence electrons. The van der Waals surface area contributed by atoms with Crippen LogP contribution in [0.1, 0.15) is 11.5 Å². The summed E-state index contributed by atoms with van der Waals surface area (Å²) in [6, 6.07) is 3.88.